The summed E-state index contributed by atoms with van der Waals surface area (Å²) in [4.78, 5) is 0. The highest BCUT2D eigenvalue weighted by Gasteiger charge is 2.01. The minimum atomic E-state index is 0.179. The molecular formula is C8H9IO. The third-order valence-electron chi connectivity index (χ3n) is 1.27. The number of halogens is 1. The Bertz CT molecular complexity index is 186. The van der Waals surface area contributed by atoms with E-state index in [0.29, 0.717) is 0 Å². The summed E-state index contributed by atoms with van der Waals surface area (Å²) in [5, 5.41) is 0. The molecule has 1 rings (SSSR count). The molecule has 0 saturated carbocycles. The number of rotatable bonds is 2. The first-order valence-corrected chi connectivity index (χ1v) is 4.31. The lowest BCUT2D eigenvalue weighted by molar-refractivity contribution is 0.189. The fourth-order valence-electron chi connectivity index (χ4n) is 0.740. The molecule has 0 heterocycles. The second kappa shape index (κ2) is 3.93. The zero-order valence-corrected chi connectivity index (χ0v) is 7.91. The van der Waals surface area contributed by atoms with Gasteiger partial charge in [-0.25, -0.2) is 0 Å². The van der Waals surface area contributed by atoms with E-state index < -0.39 is 0 Å². The van der Waals surface area contributed by atoms with Gasteiger partial charge in [0.2, 0.25) is 0 Å². The second-order valence-electron chi connectivity index (χ2n) is 1.96. The van der Waals surface area contributed by atoms with Crippen molar-refractivity contribution < 1.29 is 4.74 Å². The minimum absolute atomic E-state index is 0.179. The molecule has 0 aliphatic heterocycles. The van der Waals surface area contributed by atoms with E-state index in [1.165, 1.54) is 5.56 Å². The normalized spacial score (nSPS) is 13.0. The maximum Gasteiger partial charge on any atom is 0.133 e. The molecule has 54 valence electrons. The minimum Gasteiger partial charge on any atom is -0.366 e. The number of hydrogen-bond donors (Lipinski definition) is 0. The number of hydrogen-bond acceptors (Lipinski definition) is 1. The van der Waals surface area contributed by atoms with E-state index in [1.54, 1.807) is 7.11 Å². The number of methoxy groups -OCH3 is 1. The lowest BCUT2D eigenvalue weighted by Gasteiger charge is -2.05. The zero-order chi connectivity index (χ0) is 7.40. The fourth-order valence-corrected chi connectivity index (χ4v) is 1.16. The summed E-state index contributed by atoms with van der Waals surface area (Å²) in [7, 11) is 1.71. The van der Waals surface area contributed by atoms with E-state index in [9.17, 15) is 0 Å². The molecule has 1 unspecified atom stereocenters. The van der Waals surface area contributed by atoms with Crippen LogP contribution in [0.3, 0.4) is 0 Å². The van der Waals surface area contributed by atoms with E-state index in [1.807, 2.05) is 18.2 Å². The van der Waals surface area contributed by atoms with Crippen LogP contribution in [0.25, 0.3) is 0 Å². The highest BCUT2D eigenvalue weighted by atomic mass is 127. The van der Waals surface area contributed by atoms with E-state index in [2.05, 4.69) is 34.7 Å². The topological polar surface area (TPSA) is 9.23 Å². The molecule has 1 aromatic carbocycles. The average Bonchev–Trinajstić information content (AvgIpc) is 2.05. The monoisotopic (exact) mass is 248 g/mol. The predicted molar refractivity (Wildman–Crippen MR) is 50.2 cm³/mol. The molecule has 0 amide bonds. The van der Waals surface area contributed by atoms with E-state index in [0.717, 1.165) is 0 Å². The molecule has 0 saturated heterocycles. The van der Waals surface area contributed by atoms with Crippen molar-refractivity contribution in [2.24, 2.45) is 0 Å². The molecule has 0 aliphatic carbocycles. The van der Waals surface area contributed by atoms with Gasteiger partial charge in [-0.3, -0.25) is 0 Å². The van der Waals surface area contributed by atoms with E-state index >= 15 is 0 Å². The molecule has 0 aromatic heterocycles. The third-order valence-corrected chi connectivity index (χ3v) is 2.50. The SMILES string of the molecule is COC(I)c1ccccc1. The Morgan fingerprint density at radius 1 is 1.30 bits per heavy atom. The van der Waals surface area contributed by atoms with E-state index in [4.69, 9.17) is 4.74 Å². The van der Waals surface area contributed by atoms with Crippen LogP contribution in [0.4, 0.5) is 0 Å². The molecular weight excluding hydrogens is 239 g/mol. The third kappa shape index (κ3) is 1.95. The maximum atomic E-state index is 5.12. The van der Waals surface area contributed by atoms with Crippen LogP contribution in [0.5, 0.6) is 0 Å². The van der Waals surface area contributed by atoms with Crippen molar-refractivity contribution in [1.29, 1.82) is 0 Å². The Morgan fingerprint density at radius 2 is 1.90 bits per heavy atom. The first-order valence-electron chi connectivity index (χ1n) is 3.06. The Balaban J connectivity index is 2.75. The smallest absolute Gasteiger partial charge is 0.133 e. The maximum absolute atomic E-state index is 5.12. The Kier molecular flexibility index (Phi) is 3.15. The quantitative estimate of drug-likeness (QED) is 0.577. The van der Waals surface area contributed by atoms with Gasteiger partial charge in [0.15, 0.2) is 0 Å². The Labute approximate surface area is 74.5 Å². The molecule has 2 heteroatoms. The standard InChI is InChI=1S/C8H9IO/c1-10-8(9)7-5-3-2-4-6-7/h2-6,8H,1H3. The van der Waals surface area contributed by atoms with Crippen molar-refractivity contribution in [3.63, 3.8) is 0 Å². The average molecular weight is 248 g/mol. The summed E-state index contributed by atoms with van der Waals surface area (Å²) in [6.45, 7) is 0. The summed E-state index contributed by atoms with van der Waals surface area (Å²) in [5.74, 6) is 0. The van der Waals surface area contributed by atoms with Gasteiger partial charge in [0, 0.05) is 7.11 Å². The van der Waals surface area contributed by atoms with Crippen molar-refractivity contribution in [2.75, 3.05) is 7.11 Å². The van der Waals surface area contributed by atoms with E-state index in [-0.39, 0.29) is 4.11 Å². The van der Waals surface area contributed by atoms with Crippen LogP contribution in [0.1, 0.15) is 9.67 Å². The Morgan fingerprint density at radius 3 is 2.40 bits per heavy atom. The van der Waals surface area contributed by atoms with Crippen molar-refractivity contribution in [3.05, 3.63) is 35.9 Å². The number of benzene rings is 1. The van der Waals surface area contributed by atoms with Crippen LogP contribution in [-0.2, 0) is 4.74 Å². The molecule has 1 aromatic rings. The molecule has 0 radical (unpaired) electrons. The van der Waals surface area contributed by atoms with Gasteiger partial charge in [-0.2, -0.15) is 0 Å². The van der Waals surface area contributed by atoms with Gasteiger partial charge in [-0.1, -0.05) is 30.3 Å². The summed E-state index contributed by atoms with van der Waals surface area (Å²) >= 11 is 2.25. The van der Waals surface area contributed by atoms with Crippen LogP contribution >= 0.6 is 22.6 Å². The van der Waals surface area contributed by atoms with Gasteiger partial charge in [0.05, 0.1) is 0 Å². The van der Waals surface area contributed by atoms with Crippen LogP contribution in [-0.4, -0.2) is 7.11 Å². The summed E-state index contributed by atoms with van der Waals surface area (Å²) in [6.07, 6.45) is 0. The predicted octanol–water partition coefficient (Wildman–Crippen LogP) is 2.77. The summed E-state index contributed by atoms with van der Waals surface area (Å²) in [6, 6.07) is 10.1. The molecule has 0 spiro atoms. The van der Waals surface area contributed by atoms with Gasteiger partial charge in [-0.15, -0.1) is 0 Å². The molecule has 0 bridgehead atoms. The van der Waals surface area contributed by atoms with Crippen molar-refractivity contribution in [3.8, 4) is 0 Å². The van der Waals surface area contributed by atoms with Crippen LogP contribution in [0.2, 0.25) is 0 Å². The van der Waals surface area contributed by atoms with Crippen LogP contribution in [0, 0.1) is 0 Å². The van der Waals surface area contributed by atoms with Crippen molar-refractivity contribution in [2.45, 2.75) is 4.11 Å². The molecule has 10 heavy (non-hydrogen) atoms. The summed E-state index contributed by atoms with van der Waals surface area (Å²) < 4.78 is 5.30. The Hall–Kier alpha value is -0.0900. The lowest BCUT2D eigenvalue weighted by Crippen LogP contribution is -1.89. The largest absolute Gasteiger partial charge is 0.366 e. The van der Waals surface area contributed by atoms with Gasteiger partial charge in [0.25, 0.3) is 0 Å². The van der Waals surface area contributed by atoms with Gasteiger partial charge in [0.1, 0.15) is 4.11 Å². The first kappa shape index (κ1) is 8.01. The second-order valence-corrected chi connectivity index (χ2v) is 3.09. The van der Waals surface area contributed by atoms with Gasteiger partial charge < -0.3 is 4.74 Å². The molecule has 0 aliphatic rings. The van der Waals surface area contributed by atoms with Crippen molar-refractivity contribution >= 4 is 22.6 Å². The highest BCUT2D eigenvalue weighted by Crippen LogP contribution is 2.22. The lowest BCUT2D eigenvalue weighted by atomic mass is 10.2. The van der Waals surface area contributed by atoms with Crippen molar-refractivity contribution in [1.82, 2.24) is 0 Å². The molecule has 1 atom stereocenters. The van der Waals surface area contributed by atoms with Gasteiger partial charge in [-0.05, 0) is 28.2 Å². The summed E-state index contributed by atoms with van der Waals surface area (Å²) in [5.41, 5.74) is 1.21. The first-order chi connectivity index (χ1) is 4.84. The number of alkyl halides is 1. The molecule has 0 fully saturated rings. The molecule has 0 N–H and O–H groups in total. The highest BCUT2D eigenvalue weighted by molar-refractivity contribution is 14.1. The fraction of sp³-hybridized carbons (Fsp3) is 0.250. The molecule has 1 nitrogen and oxygen atoms in total. The number of ether oxygens (including phenoxy) is 1. The van der Waals surface area contributed by atoms with Crippen LogP contribution in [0.15, 0.2) is 30.3 Å². The van der Waals surface area contributed by atoms with Gasteiger partial charge >= 0.3 is 0 Å². The van der Waals surface area contributed by atoms with Crippen LogP contribution < -0.4 is 0 Å². The zero-order valence-electron chi connectivity index (χ0n) is 5.75.